The van der Waals surface area contributed by atoms with Gasteiger partial charge < -0.3 is 16.2 Å². The molecule has 0 aliphatic heterocycles. The van der Waals surface area contributed by atoms with Crippen molar-refractivity contribution in [3.8, 4) is 11.5 Å². The fourth-order valence-corrected chi connectivity index (χ4v) is 2.37. The molecule has 0 heterocycles. The summed E-state index contributed by atoms with van der Waals surface area (Å²) in [6.45, 7) is 0. The van der Waals surface area contributed by atoms with Gasteiger partial charge in [0, 0.05) is 11.1 Å². The summed E-state index contributed by atoms with van der Waals surface area (Å²) in [5.41, 5.74) is 16.8. The molecule has 0 atom stereocenters. The SMILES string of the molecule is N=C(N)c1ccc(N/N=C/c2ccc(Oc3ccc(C(=N)N)cc3)cc2)cc1. The lowest BCUT2D eigenvalue weighted by Gasteiger charge is -2.07. The average Bonchev–Trinajstić information content (AvgIpc) is 2.70. The van der Waals surface area contributed by atoms with E-state index in [4.69, 9.17) is 27.0 Å². The van der Waals surface area contributed by atoms with Crippen LogP contribution >= 0.6 is 0 Å². The van der Waals surface area contributed by atoms with Crippen molar-refractivity contribution < 1.29 is 4.74 Å². The van der Waals surface area contributed by atoms with Gasteiger partial charge in [0.05, 0.1) is 11.9 Å². The number of hydrogen-bond acceptors (Lipinski definition) is 5. The molecular weight excluding hydrogens is 352 g/mol. The second kappa shape index (κ2) is 8.50. The van der Waals surface area contributed by atoms with E-state index in [0.29, 0.717) is 22.6 Å². The van der Waals surface area contributed by atoms with Crippen LogP contribution in [0.3, 0.4) is 0 Å². The molecule has 0 saturated carbocycles. The Kier molecular flexibility index (Phi) is 5.66. The summed E-state index contributed by atoms with van der Waals surface area (Å²) in [5, 5.41) is 19.0. The van der Waals surface area contributed by atoms with Gasteiger partial charge in [0.1, 0.15) is 23.2 Å². The van der Waals surface area contributed by atoms with Crippen LogP contribution in [0.25, 0.3) is 0 Å². The Labute approximate surface area is 162 Å². The zero-order valence-corrected chi connectivity index (χ0v) is 15.0. The summed E-state index contributed by atoms with van der Waals surface area (Å²) in [6.07, 6.45) is 1.70. The zero-order chi connectivity index (χ0) is 19.9. The smallest absolute Gasteiger partial charge is 0.127 e. The Morgan fingerprint density at radius 3 is 1.71 bits per heavy atom. The number of rotatable bonds is 7. The maximum atomic E-state index is 7.39. The molecule has 7 heteroatoms. The van der Waals surface area contributed by atoms with Gasteiger partial charge >= 0.3 is 0 Å². The predicted octanol–water partition coefficient (Wildman–Crippen LogP) is 3.49. The number of nitrogens with one attached hydrogen (secondary N) is 3. The zero-order valence-electron chi connectivity index (χ0n) is 15.0. The fraction of sp³-hybridized carbons (Fsp3) is 0. The van der Waals surface area contributed by atoms with Crippen LogP contribution in [-0.2, 0) is 0 Å². The van der Waals surface area contributed by atoms with E-state index in [1.165, 1.54) is 0 Å². The molecule has 7 nitrogen and oxygen atoms in total. The van der Waals surface area contributed by atoms with E-state index in [1.807, 2.05) is 36.4 Å². The first-order valence-corrected chi connectivity index (χ1v) is 8.47. The molecule has 3 rings (SSSR count). The number of hydrazone groups is 1. The summed E-state index contributed by atoms with van der Waals surface area (Å²) in [7, 11) is 0. The third kappa shape index (κ3) is 4.95. The highest BCUT2D eigenvalue weighted by atomic mass is 16.5. The second-order valence-corrected chi connectivity index (χ2v) is 5.97. The molecule has 0 aliphatic carbocycles. The van der Waals surface area contributed by atoms with Crippen LogP contribution in [0.5, 0.6) is 11.5 Å². The van der Waals surface area contributed by atoms with Crippen LogP contribution in [0.1, 0.15) is 16.7 Å². The highest BCUT2D eigenvalue weighted by molar-refractivity contribution is 5.95. The average molecular weight is 372 g/mol. The molecule has 28 heavy (non-hydrogen) atoms. The normalized spacial score (nSPS) is 10.6. The Bertz CT molecular complexity index is 993. The number of nitrogens with two attached hydrogens (primary N) is 2. The van der Waals surface area contributed by atoms with Crippen molar-refractivity contribution >= 4 is 23.6 Å². The van der Waals surface area contributed by atoms with Crippen molar-refractivity contribution in [3.63, 3.8) is 0 Å². The van der Waals surface area contributed by atoms with Crippen molar-refractivity contribution in [1.82, 2.24) is 0 Å². The summed E-state index contributed by atoms with van der Waals surface area (Å²) < 4.78 is 5.77. The maximum Gasteiger partial charge on any atom is 0.127 e. The molecule has 0 fully saturated rings. The number of ether oxygens (including phenoxy) is 1. The highest BCUT2D eigenvalue weighted by Gasteiger charge is 2.00. The van der Waals surface area contributed by atoms with Crippen LogP contribution < -0.4 is 21.6 Å². The summed E-state index contributed by atoms with van der Waals surface area (Å²) in [6, 6.07) is 21.6. The van der Waals surface area contributed by atoms with Crippen LogP contribution in [0.2, 0.25) is 0 Å². The van der Waals surface area contributed by atoms with Gasteiger partial charge in [-0.1, -0.05) is 0 Å². The van der Waals surface area contributed by atoms with Gasteiger partial charge in [-0.3, -0.25) is 16.2 Å². The number of hydrogen-bond donors (Lipinski definition) is 5. The molecule has 3 aromatic carbocycles. The molecule has 0 aliphatic rings. The van der Waals surface area contributed by atoms with Crippen LogP contribution in [0, 0.1) is 10.8 Å². The largest absolute Gasteiger partial charge is 0.457 e. The molecule has 0 aromatic heterocycles. The molecule has 3 aromatic rings. The highest BCUT2D eigenvalue weighted by Crippen LogP contribution is 2.21. The van der Waals surface area contributed by atoms with Crippen molar-refractivity contribution in [2.75, 3.05) is 5.43 Å². The monoisotopic (exact) mass is 372 g/mol. The van der Waals surface area contributed by atoms with Gasteiger partial charge in [-0.2, -0.15) is 5.10 Å². The van der Waals surface area contributed by atoms with Gasteiger partial charge in [-0.05, 0) is 78.4 Å². The van der Waals surface area contributed by atoms with E-state index in [-0.39, 0.29) is 11.7 Å². The second-order valence-electron chi connectivity index (χ2n) is 5.97. The van der Waals surface area contributed by atoms with Gasteiger partial charge in [0.15, 0.2) is 0 Å². The van der Waals surface area contributed by atoms with Crippen molar-refractivity contribution in [2.45, 2.75) is 0 Å². The first-order valence-electron chi connectivity index (χ1n) is 8.47. The van der Waals surface area contributed by atoms with Crippen molar-refractivity contribution in [3.05, 3.63) is 89.5 Å². The minimum absolute atomic E-state index is 0.0265. The topological polar surface area (TPSA) is 133 Å². The number of anilines is 1. The number of benzene rings is 3. The molecule has 0 bridgehead atoms. The first-order chi connectivity index (χ1) is 13.5. The molecule has 0 unspecified atom stereocenters. The van der Waals surface area contributed by atoms with Crippen LogP contribution in [0.15, 0.2) is 77.9 Å². The fourth-order valence-electron chi connectivity index (χ4n) is 2.37. The lowest BCUT2D eigenvalue weighted by molar-refractivity contribution is 0.482. The summed E-state index contributed by atoms with van der Waals surface area (Å²) in [4.78, 5) is 0. The summed E-state index contributed by atoms with van der Waals surface area (Å²) in [5.74, 6) is 1.42. The molecular formula is C21H20N6O. The van der Waals surface area contributed by atoms with E-state index in [1.54, 1.807) is 42.6 Å². The quantitative estimate of drug-likeness (QED) is 0.246. The van der Waals surface area contributed by atoms with Crippen molar-refractivity contribution in [1.29, 1.82) is 10.8 Å². The number of nitrogen functional groups attached to an aromatic ring is 2. The predicted molar refractivity (Wildman–Crippen MR) is 113 cm³/mol. The maximum absolute atomic E-state index is 7.39. The number of amidine groups is 2. The van der Waals surface area contributed by atoms with Crippen LogP contribution in [0.4, 0.5) is 5.69 Å². The van der Waals surface area contributed by atoms with Gasteiger partial charge in [0.2, 0.25) is 0 Å². The lowest BCUT2D eigenvalue weighted by atomic mass is 10.2. The van der Waals surface area contributed by atoms with Crippen molar-refractivity contribution in [2.24, 2.45) is 16.6 Å². The molecule has 7 N–H and O–H groups in total. The van der Waals surface area contributed by atoms with E-state index >= 15 is 0 Å². The third-order valence-electron chi connectivity index (χ3n) is 3.88. The summed E-state index contributed by atoms with van der Waals surface area (Å²) >= 11 is 0. The molecule has 0 spiro atoms. The van der Waals surface area contributed by atoms with Gasteiger partial charge in [0.25, 0.3) is 0 Å². The standard InChI is InChI=1S/C21H20N6O/c22-20(23)15-3-7-17(8-4-15)27-26-13-14-1-9-18(10-2-14)28-19-11-5-16(6-12-19)21(24)25/h1-13,27H,(H3,22,23)(H3,24,25)/b26-13+. The Morgan fingerprint density at radius 1 is 0.750 bits per heavy atom. The Balaban J connectivity index is 1.57. The van der Waals surface area contributed by atoms with E-state index in [2.05, 4.69) is 10.5 Å². The molecule has 0 radical (unpaired) electrons. The Hall–Kier alpha value is -4.13. The molecule has 140 valence electrons. The van der Waals surface area contributed by atoms with Gasteiger partial charge in [-0.25, -0.2) is 0 Å². The van der Waals surface area contributed by atoms with Crippen LogP contribution in [-0.4, -0.2) is 17.9 Å². The molecule has 0 amide bonds. The first kappa shape index (κ1) is 18.7. The van der Waals surface area contributed by atoms with Gasteiger partial charge in [-0.15, -0.1) is 0 Å². The van der Waals surface area contributed by atoms with E-state index in [9.17, 15) is 0 Å². The minimum atomic E-state index is 0.0265. The van der Waals surface area contributed by atoms with E-state index in [0.717, 1.165) is 11.3 Å². The molecule has 0 saturated heterocycles. The van der Waals surface area contributed by atoms with E-state index < -0.39 is 0 Å². The third-order valence-corrected chi connectivity index (χ3v) is 3.88. The lowest BCUT2D eigenvalue weighted by Crippen LogP contribution is -2.10. The Morgan fingerprint density at radius 2 is 1.21 bits per heavy atom. The number of nitrogens with zero attached hydrogens (tertiary/aromatic N) is 1. The minimum Gasteiger partial charge on any atom is -0.457 e.